The van der Waals surface area contributed by atoms with Crippen molar-refractivity contribution in [3.05, 3.63) is 47.3 Å². The van der Waals surface area contributed by atoms with E-state index in [0.717, 1.165) is 25.0 Å². The van der Waals surface area contributed by atoms with Crippen LogP contribution >= 0.6 is 0 Å². The lowest BCUT2D eigenvalue weighted by Gasteiger charge is -2.13. The number of aromatic amines is 1. The number of hydrogen-bond acceptors (Lipinski definition) is 3. The predicted molar refractivity (Wildman–Crippen MR) is 84.1 cm³/mol. The average molecular weight is 286 g/mol. The Balaban J connectivity index is 1.88. The molecule has 0 spiro atoms. The molecule has 1 atom stereocenters. The first-order valence-electron chi connectivity index (χ1n) is 7.29. The number of benzene rings is 1. The van der Waals surface area contributed by atoms with Gasteiger partial charge in [-0.25, -0.2) is 0 Å². The summed E-state index contributed by atoms with van der Waals surface area (Å²) in [7, 11) is 0. The third-order valence-electron chi connectivity index (χ3n) is 3.54. The molecule has 1 aromatic heterocycles. The van der Waals surface area contributed by atoms with Gasteiger partial charge >= 0.3 is 0 Å². The van der Waals surface area contributed by atoms with Gasteiger partial charge in [0.25, 0.3) is 5.91 Å². The van der Waals surface area contributed by atoms with Crippen LogP contribution in [0.5, 0.6) is 0 Å². The van der Waals surface area contributed by atoms with Crippen molar-refractivity contribution in [2.45, 2.75) is 39.2 Å². The van der Waals surface area contributed by atoms with Crippen LogP contribution in [0, 0.1) is 0 Å². The molecule has 0 radical (unpaired) electrons. The molecule has 1 unspecified atom stereocenters. The molecule has 0 aliphatic rings. The van der Waals surface area contributed by atoms with Crippen LogP contribution in [0.1, 0.15) is 42.0 Å². The standard InChI is InChI=1S/C16H22N4O/c1-3-13-14(17)15(20-19-13)16(21)18-11(2)9-10-12-7-5-4-6-8-12/h4-8,11H,3,9-10,17H2,1-2H3,(H,18,21)(H,19,20). The highest BCUT2D eigenvalue weighted by molar-refractivity contribution is 5.97. The molecule has 0 fully saturated rings. The van der Waals surface area contributed by atoms with Crippen LogP contribution in [0.2, 0.25) is 0 Å². The first-order chi connectivity index (χ1) is 10.1. The van der Waals surface area contributed by atoms with Crippen molar-refractivity contribution in [3.8, 4) is 0 Å². The summed E-state index contributed by atoms with van der Waals surface area (Å²) in [6, 6.07) is 10.3. The first kappa shape index (κ1) is 15.1. The Morgan fingerprint density at radius 2 is 2.10 bits per heavy atom. The molecule has 5 nitrogen and oxygen atoms in total. The van der Waals surface area contributed by atoms with Crippen molar-refractivity contribution in [2.24, 2.45) is 0 Å². The van der Waals surface area contributed by atoms with E-state index < -0.39 is 0 Å². The molecule has 21 heavy (non-hydrogen) atoms. The van der Waals surface area contributed by atoms with E-state index in [1.165, 1.54) is 5.56 Å². The van der Waals surface area contributed by atoms with Crippen molar-refractivity contribution in [2.75, 3.05) is 5.73 Å². The van der Waals surface area contributed by atoms with E-state index in [-0.39, 0.29) is 11.9 Å². The van der Waals surface area contributed by atoms with Crippen molar-refractivity contribution < 1.29 is 4.79 Å². The minimum absolute atomic E-state index is 0.0684. The maximum Gasteiger partial charge on any atom is 0.274 e. The molecule has 2 aromatic rings. The molecule has 0 saturated heterocycles. The second kappa shape index (κ2) is 6.92. The quantitative estimate of drug-likeness (QED) is 0.762. The van der Waals surface area contributed by atoms with Gasteiger partial charge in [-0.05, 0) is 31.7 Å². The van der Waals surface area contributed by atoms with Crippen LogP contribution in [0.25, 0.3) is 0 Å². The Labute approximate surface area is 124 Å². The molecule has 4 N–H and O–H groups in total. The van der Waals surface area contributed by atoms with E-state index in [2.05, 4.69) is 27.6 Å². The molecule has 0 saturated carbocycles. The van der Waals surface area contributed by atoms with Crippen LogP contribution in [0.15, 0.2) is 30.3 Å². The maximum atomic E-state index is 12.1. The predicted octanol–water partition coefficient (Wildman–Crippen LogP) is 2.31. The van der Waals surface area contributed by atoms with E-state index in [1.807, 2.05) is 32.0 Å². The Kier molecular flexibility index (Phi) is 4.98. The molecule has 1 amide bonds. The molecule has 0 bridgehead atoms. The number of hydrogen-bond donors (Lipinski definition) is 3. The fraction of sp³-hybridized carbons (Fsp3) is 0.375. The second-order valence-corrected chi connectivity index (χ2v) is 5.22. The van der Waals surface area contributed by atoms with Gasteiger partial charge in [0, 0.05) is 6.04 Å². The lowest BCUT2D eigenvalue weighted by molar-refractivity contribution is 0.0934. The topological polar surface area (TPSA) is 83.8 Å². The van der Waals surface area contributed by atoms with Gasteiger partial charge in [-0.15, -0.1) is 0 Å². The highest BCUT2D eigenvalue weighted by Crippen LogP contribution is 2.14. The summed E-state index contributed by atoms with van der Waals surface area (Å²) in [5.74, 6) is -0.219. The zero-order valence-electron chi connectivity index (χ0n) is 12.5. The SMILES string of the molecule is CCc1[nH]nc(C(=O)NC(C)CCc2ccccc2)c1N. The number of carbonyl (C=O) groups is 1. The van der Waals surface area contributed by atoms with Crippen molar-refractivity contribution >= 4 is 11.6 Å². The number of anilines is 1. The third-order valence-corrected chi connectivity index (χ3v) is 3.54. The number of nitrogens with two attached hydrogens (primary N) is 1. The van der Waals surface area contributed by atoms with E-state index in [1.54, 1.807) is 0 Å². The molecule has 0 aliphatic carbocycles. The fourth-order valence-corrected chi connectivity index (χ4v) is 2.22. The maximum absolute atomic E-state index is 12.1. The minimum atomic E-state index is -0.219. The third kappa shape index (κ3) is 3.84. The summed E-state index contributed by atoms with van der Waals surface area (Å²) < 4.78 is 0. The molecule has 1 heterocycles. The molecule has 112 valence electrons. The van der Waals surface area contributed by atoms with Gasteiger partial charge in [-0.3, -0.25) is 9.89 Å². The van der Waals surface area contributed by atoms with Gasteiger partial charge in [0.05, 0.1) is 11.4 Å². The summed E-state index contributed by atoms with van der Waals surface area (Å²) in [4.78, 5) is 12.1. The number of aromatic nitrogens is 2. The largest absolute Gasteiger partial charge is 0.395 e. The zero-order chi connectivity index (χ0) is 15.2. The summed E-state index contributed by atoms with van der Waals surface area (Å²) >= 11 is 0. The van der Waals surface area contributed by atoms with E-state index >= 15 is 0 Å². The van der Waals surface area contributed by atoms with Crippen molar-refractivity contribution in [3.63, 3.8) is 0 Å². The Hall–Kier alpha value is -2.30. The van der Waals surface area contributed by atoms with Gasteiger partial charge in [0.2, 0.25) is 0 Å². The lowest BCUT2D eigenvalue weighted by atomic mass is 10.1. The minimum Gasteiger partial charge on any atom is -0.395 e. The fourth-order valence-electron chi connectivity index (χ4n) is 2.22. The Bertz CT molecular complexity index is 592. The van der Waals surface area contributed by atoms with Crippen LogP contribution in [-0.2, 0) is 12.8 Å². The number of aryl methyl sites for hydroxylation is 2. The number of nitrogens with zero attached hydrogens (tertiary/aromatic N) is 1. The number of rotatable bonds is 6. The molecule has 2 rings (SSSR count). The Morgan fingerprint density at radius 1 is 1.38 bits per heavy atom. The number of nitrogens with one attached hydrogen (secondary N) is 2. The average Bonchev–Trinajstić information content (AvgIpc) is 2.87. The molecule has 0 aliphatic heterocycles. The van der Waals surface area contributed by atoms with Crippen LogP contribution < -0.4 is 11.1 Å². The monoisotopic (exact) mass is 286 g/mol. The molecular formula is C16H22N4O. The summed E-state index contributed by atoms with van der Waals surface area (Å²) in [6.45, 7) is 3.96. The van der Waals surface area contributed by atoms with Crippen LogP contribution in [0.3, 0.4) is 0 Å². The molecule has 5 heteroatoms. The number of carbonyl (C=O) groups excluding carboxylic acids is 1. The highest BCUT2D eigenvalue weighted by Gasteiger charge is 2.17. The highest BCUT2D eigenvalue weighted by atomic mass is 16.2. The lowest BCUT2D eigenvalue weighted by Crippen LogP contribution is -2.33. The second-order valence-electron chi connectivity index (χ2n) is 5.22. The zero-order valence-corrected chi connectivity index (χ0v) is 12.5. The summed E-state index contributed by atoms with van der Waals surface area (Å²) in [6.07, 6.45) is 2.54. The van der Waals surface area contributed by atoms with Crippen LogP contribution in [-0.4, -0.2) is 22.1 Å². The number of nitrogen functional groups attached to an aromatic ring is 1. The summed E-state index contributed by atoms with van der Waals surface area (Å²) in [5, 5.41) is 9.74. The van der Waals surface area contributed by atoms with Gasteiger partial charge in [0.1, 0.15) is 0 Å². The van der Waals surface area contributed by atoms with Gasteiger partial charge in [-0.1, -0.05) is 37.3 Å². The van der Waals surface area contributed by atoms with Crippen LogP contribution in [0.4, 0.5) is 5.69 Å². The summed E-state index contributed by atoms with van der Waals surface area (Å²) in [5.41, 5.74) is 8.71. The van der Waals surface area contributed by atoms with E-state index in [0.29, 0.717) is 11.4 Å². The van der Waals surface area contributed by atoms with Crippen molar-refractivity contribution in [1.29, 1.82) is 0 Å². The normalized spacial score (nSPS) is 12.1. The van der Waals surface area contributed by atoms with E-state index in [9.17, 15) is 4.79 Å². The number of H-pyrrole nitrogens is 1. The Morgan fingerprint density at radius 3 is 2.71 bits per heavy atom. The smallest absolute Gasteiger partial charge is 0.274 e. The first-order valence-corrected chi connectivity index (χ1v) is 7.29. The van der Waals surface area contributed by atoms with Gasteiger partial charge in [0.15, 0.2) is 5.69 Å². The number of amides is 1. The van der Waals surface area contributed by atoms with Gasteiger partial charge in [-0.2, -0.15) is 5.10 Å². The molecule has 1 aromatic carbocycles. The molecular weight excluding hydrogens is 264 g/mol. The van der Waals surface area contributed by atoms with Gasteiger partial charge < -0.3 is 11.1 Å². The van der Waals surface area contributed by atoms with Crippen molar-refractivity contribution in [1.82, 2.24) is 15.5 Å². The van der Waals surface area contributed by atoms with E-state index in [4.69, 9.17) is 5.73 Å².